The molecule has 0 radical (unpaired) electrons. The molecule has 2 aromatic rings. The first-order chi connectivity index (χ1) is 9.20. The van der Waals surface area contributed by atoms with E-state index < -0.39 is 5.97 Å². The van der Waals surface area contributed by atoms with Crippen LogP contribution in [0.2, 0.25) is 0 Å². The maximum absolute atomic E-state index is 10.9. The van der Waals surface area contributed by atoms with Crippen molar-refractivity contribution in [2.45, 2.75) is 13.1 Å². The van der Waals surface area contributed by atoms with E-state index in [-0.39, 0.29) is 5.56 Å². The maximum Gasteiger partial charge on any atom is 0.339 e. The molecule has 1 heterocycles. The SMILES string of the molecule is N#Cc1cccc(CNCc2occc2C(=O)O)c1. The van der Waals surface area contributed by atoms with Gasteiger partial charge in [-0.3, -0.25) is 0 Å². The number of carboxylic acid groups (broad SMARTS) is 1. The molecule has 0 saturated carbocycles. The van der Waals surface area contributed by atoms with Gasteiger partial charge in [0.15, 0.2) is 0 Å². The van der Waals surface area contributed by atoms with Crippen LogP contribution in [0.3, 0.4) is 0 Å². The summed E-state index contributed by atoms with van der Waals surface area (Å²) in [5.41, 5.74) is 1.73. The zero-order chi connectivity index (χ0) is 13.7. The third kappa shape index (κ3) is 3.21. The summed E-state index contributed by atoms with van der Waals surface area (Å²) in [6, 6.07) is 10.7. The van der Waals surface area contributed by atoms with E-state index in [1.165, 1.54) is 12.3 Å². The molecule has 0 saturated heterocycles. The smallest absolute Gasteiger partial charge is 0.339 e. The molecule has 0 fully saturated rings. The van der Waals surface area contributed by atoms with Crippen molar-refractivity contribution in [1.29, 1.82) is 5.26 Å². The monoisotopic (exact) mass is 256 g/mol. The second-order valence-electron chi connectivity index (χ2n) is 3.98. The molecule has 1 aromatic carbocycles. The molecule has 0 amide bonds. The van der Waals surface area contributed by atoms with Gasteiger partial charge in [-0.05, 0) is 23.8 Å². The zero-order valence-corrected chi connectivity index (χ0v) is 10.1. The summed E-state index contributed by atoms with van der Waals surface area (Å²) in [6.07, 6.45) is 1.36. The summed E-state index contributed by atoms with van der Waals surface area (Å²) in [6.45, 7) is 0.862. The predicted octanol–water partition coefficient (Wildman–Crippen LogP) is 2.14. The Labute approximate surface area is 110 Å². The highest BCUT2D eigenvalue weighted by Gasteiger charge is 2.12. The molecule has 5 nitrogen and oxygen atoms in total. The standard InChI is InChI=1S/C14H12N2O3/c15-7-10-2-1-3-11(6-10)8-16-9-13-12(14(17)18)4-5-19-13/h1-6,16H,8-9H2,(H,17,18). The Hall–Kier alpha value is -2.58. The maximum atomic E-state index is 10.9. The number of benzene rings is 1. The topological polar surface area (TPSA) is 86.3 Å². The number of furan rings is 1. The number of rotatable bonds is 5. The summed E-state index contributed by atoms with van der Waals surface area (Å²) in [5.74, 6) is -0.610. The molecule has 0 spiro atoms. The van der Waals surface area contributed by atoms with Crippen molar-refractivity contribution in [3.8, 4) is 6.07 Å². The largest absolute Gasteiger partial charge is 0.478 e. The molecular weight excluding hydrogens is 244 g/mol. The highest BCUT2D eigenvalue weighted by Crippen LogP contribution is 2.10. The van der Waals surface area contributed by atoms with Crippen LogP contribution in [0.5, 0.6) is 0 Å². The number of nitrogens with zero attached hydrogens (tertiary/aromatic N) is 1. The summed E-state index contributed by atoms with van der Waals surface area (Å²) in [5, 5.41) is 20.8. The summed E-state index contributed by atoms with van der Waals surface area (Å²) >= 11 is 0. The lowest BCUT2D eigenvalue weighted by atomic mass is 10.1. The lowest BCUT2D eigenvalue weighted by Gasteiger charge is -2.04. The van der Waals surface area contributed by atoms with Crippen molar-refractivity contribution in [1.82, 2.24) is 5.32 Å². The van der Waals surface area contributed by atoms with Gasteiger partial charge in [0.2, 0.25) is 0 Å². The van der Waals surface area contributed by atoms with Crippen LogP contribution in [0.4, 0.5) is 0 Å². The van der Waals surface area contributed by atoms with Crippen LogP contribution in [-0.4, -0.2) is 11.1 Å². The van der Waals surface area contributed by atoms with Gasteiger partial charge < -0.3 is 14.8 Å². The molecule has 2 rings (SSSR count). The summed E-state index contributed by atoms with van der Waals surface area (Å²) in [4.78, 5) is 10.9. The van der Waals surface area contributed by atoms with Crippen LogP contribution in [0.25, 0.3) is 0 Å². The van der Waals surface area contributed by atoms with E-state index in [1.807, 2.05) is 12.1 Å². The van der Waals surface area contributed by atoms with Crippen LogP contribution in [-0.2, 0) is 13.1 Å². The molecule has 96 valence electrons. The fourth-order valence-corrected chi connectivity index (χ4v) is 1.74. The number of nitrogens with one attached hydrogen (secondary N) is 1. The molecule has 0 aliphatic heterocycles. The molecular formula is C14H12N2O3. The second kappa shape index (κ2) is 5.85. The number of hydrogen-bond donors (Lipinski definition) is 2. The van der Waals surface area contributed by atoms with Crippen LogP contribution in [0, 0.1) is 11.3 Å². The van der Waals surface area contributed by atoms with Gasteiger partial charge in [0.1, 0.15) is 11.3 Å². The van der Waals surface area contributed by atoms with E-state index in [1.54, 1.807) is 12.1 Å². The van der Waals surface area contributed by atoms with E-state index in [9.17, 15) is 4.79 Å². The van der Waals surface area contributed by atoms with E-state index >= 15 is 0 Å². The quantitative estimate of drug-likeness (QED) is 0.855. The number of carbonyl (C=O) groups is 1. The Morgan fingerprint density at radius 3 is 2.95 bits per heavy atom. The lowest BCUT2D eigenvalue weighted by molar-refractivity contribution is 0.0694. The number of nitriles is 1. The molecule has 0 atom stereocenters. The van der Waals surface area contributed by atoms with Crippen molar-refractivity contribution in [3.63, 3.8) is 0 Å². The average molecular weight is 256 g/mol. The first kappa shape index (κ1) is 12.9. The van der Waals surface area contributed by atoms with Crippen molar-refractivity contribution in [3.05, 3.63) is 59.0 Å². The number of hydrogen-bond acceptors (Lipinski definition) is 4. The van der Waals surface area contributed by atoms with Crippen LogP contribution >= 0.6 is 0 Å². The highest BCUT2D eigenvalue weighted by molar-refractivity contribution is 5.88. The fraction of sp³-hybridized carbons (Fsp3) is 0.143. The third-order valence-electron chi connectivity index (χ3n) is 2.65. The molecule has 0 unspecified atom stereocenters. The summed E-state index contributed by atoms with van der Waals surface area (Å²) in [7, 11) is 0. The van der Waals surface area contributed by atoms with E-state index in [4.69, 9.17) is 14.8 Å². The van der Waals surface area contributed by atoms with Gasteiger partial charge in [-0.15, -0.1) is 0 Å². The highest BCUT2D eigenvalue weighted by atomic mass is 16.4. The van der Waals surface area contributed by atoms with Gasteiger partial charge >= 0.3 is 5.97 Å². The molecule has 19 heavy (non-hydrogen) atoms. The number of aromatic carboxylic acids is 1. The Kier molecular flexibility index (Phi) is 3.96. The Morgan fingerprint density at radius 2 is 2.21 bits per heavy atom. The first-order valence-corrected chi connectivity index (χ1v) is 5.70. The van der Waals surface area contributed by atoms with Gasteiger partial charge in [-0.25, -0.2) is 4.79 Å². The Balaban J connectivity index is 1.95. The lowest BCUT2D eigenvalue weighted by Crippen LogP contribution is -2.14. The van der Waals surface area contributed by atoms with Crippen molar-refractivity contribution >= 4 is 5.97 Å². The number of carboxylic acids is 1. The molecule has 0 bridgehead atoms. The summed E-state index contributed by atoms with van der Waals surface area (Å²) < 4.78 is 5.11. The minimum atomic E-state index is -1.00. The second-order valence-corrected chi connectivity index (χ2v) is 3.98. The Bertz CT molecular complexity index is 626. The third-order valence-corrected chi connectivity index (χ3v) is 2.65. The van der Waals surface area contributed by atoms with Crippen LogP contribution in [0.1, 0.15) is 27.2 Å². The van der Waals surface area contributed by atoms with Gasteiger partial charge in [0.05, 0.1) is 24.4 Å². The van der Waals surface area contributed by atoms with Crippen LogP contribution < -0.4 is 5.32 Å². The van der Waals surface area contributed by atoms with Gasteiger partial charge in [0, 0.05) is 6.54 Å². The van der Waals surface area contributed by atoms with Gasteiger partial charge in [0.25, 0.3) is 0 Å². The van der Waals surface area contributed by atoms with E-state index in [0.717, 1.165) is 5.56 Å². The van der Waals surface area contributed by atoms with Crippen molar-refractivity contribution < 1.29 is 14.3 Å². The molecule has 0 aliphatic rings. The average Bonchev–Trinajstić information content (AvgIpc) is 2.87. The Morgan fingerprint density at radius 1 is 1.37 bits per heavy atom. The van der Waals surface area contributed by atoms with Gasteiger partial charge in [-0.1, -0.05) is 12.1 Å². The molecule has 5 heteroatoms. The van der Waals surface area contributed by atoms with Crippen molar-refractivity contribution in [2.24, 2.45) is 0 Å². The molecule has 0 aliphatic carbocycles. The van der Waals surface area contributed by atoms with Crippen molar-refractivity contribution in [2.75, 3.05) is 0 Å². The van der Waals surface area contributed by atoms with E-state index in [0.29, 0.717) is 24.4 Å². The molecule has 2 N–H and O–H groups in total. The van der Waals surface area contributed by atoms with Crippen LogP contribution in [0.15, 0.2) is 41.0 Å². The molecule has 1 aromatic heterocycles. The minimum absolute atomic E-state index is 0.165. The normalized spacial score (nSPS) is 10.1. The van der Waals surface area contributed by atoms with E-state index in [2.05, 4.69) is 11.4 Å². The fourth-order valence-electron chi connectivity index (χ4n) is 1.74. The zero-order valence-electron chi connectivity index (χ0n) is 10.1. The minimum Gasteiger partial charge on any atom is -0.478 e. The first-order valence-electron chi connectivity index (χ1n) is 5.70. The van der Waals surface area contributed by atoms with Gasteiger partial charge in [-0.2, -0.15) is 5.26 Å². The predicted molar refractivity (Wildman–Crippen MR) is 67.4 cm³/mol.